The maximum atomic E-state index is 15.9. The lowest BCUT2D eigenvalue weighted by Crippen LogP contribution is -2.62. The molecular formula is C59H81N9O5. The van der Waals surface area contributed by atoms with E-state index in [4.69, 9.17) is 20.2 Å². The van der Waals surface area contributed by atoms with Gasteiger partial charge in [0.2, 0.25) is 5.78 Å². The van der Waals surface area contributed by atoms with Crippen LogP contribution in [0.4, 0.5) is 0 Å². The predicted octanol–water partition coefficient (Wildman–Crippen LogP) is 6.81. The third kappa shape index (κ3) is 9.15. The second kappa shape index (κ2) is 20.8. The quantitative estimate of drug-likeness (QED) is 0.0358. The van der Waals surface area contributed by atoms with E-state index in [0.29, 0.717) is 42.6 Å². The average molecular weight is 996 g/mol. The van der Waals surface area contributed by atoms with Crippen LogP contribution >= 0.6 is 0 Å². The number of benzene rings is 1. The van der Waals surface area contributed by atoms with Crippen LogP contribution in [0.2, 0.25) is 0 Å². The molecule has 0 amide bonds. The van der Waals surface area contributed by atoms with Crippen molar-refractivity contribution in [3.63, 3.8) is 0 Å². The van der Waals surface area contributed by atoms with Gasteiger partial charge in [-0.05, 0) is 136 Å². The van der Waals surface area contributed by atoms with Crippen molar-refractivity contribution in [2.75, 3.05) is 47.0 Å². The molecule has 1 saturated carbocycles. The van der Waals surface area contributed by atoms with Gasteiger partial charge < -0.3 is 52.4 Å². The van der Waals surface area contributed by atoms with Gasteiger partial charge in [-0.2, -0.15) is 0 Å². The van der Waals surface area contributed by atoms with Crippen LogP contribution in [0.3, 0.4) is 0 Å². The van der Waals surface area contributed by atoms with E-state index < -0.39 is 33.9 Å². The van der Waals surface area contributed by atoms with Crippen LogP contribution < -0.4 is 43.0 Å². The molecule has 14 heteroatoms. The average Bonchev–Trinajstić information content (AvgIpc) is 3.95. The SMILES string of the molecule is CCN[C@H]1C=C2C=CC[C@@H]3CCCC[C@](C)(CC4=CNC(N)C=C4)Cc4cccc5c4C(=O)[C@]4(O[C@@]4(C/C=C(\C)C4([C@@]6(C7=CCNC(NCNC)=C7)CCCNC(=NC)N6)CCCC4)C5=O)C(=O)OC[C@@H]1C[C@H]23. The Labute approximate surface area is 433 Å². The summed E-state index contributed by atoms with van der Waals surface area (Å²) < 4.78 is 13.3. The topological polar surface area (TPSA) is 196 Å². The summed E-state index contributed by atoms with van der Waals surface area (Å²) in [6.07, 6.45) is 32.6. The van der Waals surface area contributed by atoms with Gasteiger partial charge in [0.05, 0.1) is 25.0 Å². The highest BCUT2D eigenvalue weighted by molar-refractivity contribution is 6.33. The van der Waals surface area contributed by atoms with Crippen molar-refractivity contribution in [2.45, 2.75) is 146 Å². The molecule has 73 heavy (non-hydrogen) atoms. The number of likely N-dealkylation sites (N-methyl/N-ethyl adjacent to an activating group) is 1. The van der Waals surface area contributed by atoms with Crippen LogP contribution in [-0.2, 0) is 20.7 Å². The van der Waals surface area contributed by atoms with E-state index in [1.165, 1.54) is 11.1 Å². The summed E-state index contributed by atoms with van der Waals surface area (Å²) >= 11 is 0. The maximum absolute atomic E-state index is 15.9. The molecule has 2 saturated heterocycles. The molecule has 4 bridgehead atoms. The van der Waals surface area contributed by atoms with Crippen LogP contribution in [0.15, 0.2) is 106 Å². The maximum Gasteiger partial charge on any atom is 0.350 e. The molecule has 0 radical (unpaired) electrons. The molecular weight excluding hydrogens is 915 g/mol. The van der Waals surface area contributed by atoms with Crippen LogP contribution in [0.25, 0.3) is 0 Å². The van der Waals surface area contributed by atoms with Crippen molar-refractivity contribution >= 4 is 23.5 Å². The fourth-order valence-corrected chi connectivity index (χ4v) is 14.8. The van der Waals surface area contributed by atoms with Gasteiger partial charge in [0.15, 0.2) is 17.3 Å². The number of ketones is 2. The molecule has 9 atom stereocenters. The van der Waals surface area contributed by atoms with Gasteiger partial charge in [-0.1, -0.05) is 99.8 Å². The number of carbonyl (C=O) groups is 3. The lowest BCUT2D eigenvalue weighted by atomic mass is 9.58. The van der Waals surface area contributed by atoms with E-state index in [2.05, 4.69) is 101 Å². The molecule has 5 aliphatic heterocycles. The number of nitrogens with two attached hydrogens (primary N) is 1. The Balaban J connectivity index is 1.06. The zero-order chi connectivity index (χ0) is 51.0. The highest BCUT2D eigenvalue weighted by Gasteiger charge is 2.85. The van der Waals surface area contributed by atoms with E-state index in [9.17, 15) is 0 Å². The highest BCUT2D eigenvalue weighted by atomic mass is 16.7. The number of epoxide rings is 1. The minimum absolute atomic E-state index is 0.00697. The van der Waals surface area contributed by atoms with E-state index in [1.54, 1.807) is 6.07 Å². The molecule has 1 aromatic rings. The van der Waals surface area contributed by atoms with Crippen molar-refractivity contribution in [3.8, 4) is 0 Å². The zero-order valence-electron chi connectivity index (χ0n) is 44.0. The number of carbonyl (C=O) groups excluding carboxylic acids is 3. The number of hydrogen-bond donors (Lipinski definition) is 8. The number of cyclic esters (lactones) is 1. The number of esters is 1. The molecule has 1 unspecified atom stereocenters. The molecule has 14 nitrogen and oxygen atoms in total. The highest BCUT2D eigenvalue weighted by Crippen LogP contribution is 2.62. The molecule has 0 aromatic heterocycles. The van der Waals surface area contributed by atoms with Crippen molar-refractivity contribution < 1.29 is 23.9 Å². The first kappa shape index (κ1) is 51.2. The van der Waals surface area contributed by atoms with Gasteiger partial charge >= 0.3 is 5.97 Å². The first-order valence-corrected chi connectivity index (χ1v) is 27.6. The summed E-state index contributed by atoms with van der Waals surface area (Å²) in [5.41, 5.74) is 7.24. The number of guanidine groups is 1. The number of fused-ring (bicyclic) bond motifs is 1. The summed E-state index contributed by atoms with van der Waals surface area (Å²) in [5.74, 6) is 0.976. The van der Waals surface area contributed by atoms with Gasteiger partial charge in [-0.25, -0.2) is 4.79 Å². The van der Waals surface area contributed by atoms with E-state index in [0.717, 1.165) is 125 Å². The van der Waals surface area contributed by atoms with E-state index in [-0.39, 0.29) is 42.4 Å². The molecule has 1 spiro atoms. The zero-order valence-corrected chi connectivity index (χ0v) is 44.0. The number of nitrogens with zero attached hydrogens (tertiary/aromatic N) is 1. The largest absolute Gasteiger partial charge is 0.463 e. The number of rotatable bonds is 12. The first-order chi connectivity index (χ1) is 35.3. The third-order valence-corrected chi connectivity index (χ3v) is 18.5. The Hall–Kier alpha value is -5.28. The Morgan fingerprint density at radius 2 is 1.85 bits per heavy atom. The molecule has 9 N–H and O–H groups in total. The standard InChI is InChI=1S/C59H81N9O5/c1-6-63-47-31-41-16-11-15-40-14-7-8-23-55(3,33-39-19-20-48(60)66-35-39)34-42-17-12-18-45-50(42)52(70)59(53(71)72-36-43(47)30-46(40)41)58(73-59,51(45)69)27-21-38(2)56(24-9-10-25-56)57(26-13-28-65-54(62-5)68-57)44-22-29-64-49(32-44)67-37-61-4/h11-12,16-22,31-32,35,40,43,46-48,61,63-64,66-67H,6-10,13-15,23-30,33-34,36-37,60H2,1-5H3,(H2,62,65,68)/b38-21+/t40-,43-,46-,47-,48?,55+,57-,58-,59-/m0/s1. The molecule has 3 fully saturated rings. The van der Waals surface area contributed by atoms with E-state index >= 15 is 14.4 Å². The van der Waals surface area contributed by atoms with Gasteiger partial charge in [-0.15, -0.1) is 0 Å². The van der Waals surface area contributed by atoms with Crippen molar-refractivity contribution in [1.82, 2.24) is 37.2 Å². The Morgan fingerprint density at radius 3 is 2.63 bits per heavy atom. The van der Waals surface area contributed by atoms with Gasteiger partial charge in [0, 0.05) is 61.3 Å². The number of dihydropyridines is 2. The summed E-state index contributed by atoms with van der Waals surface area (Å²) in [6.45, 7) is 9.54. The minimum Gasteiger partial charge on any atom is -0.463 e. The Kier molecular flexibility index (Phi) is 14.6. The number of hydrogen-bond acceptors (Lipinski definition) is 12. The molecule has 5 heterocycles. The molecule has 10 rings (SSSR count). The number of ether oxygens (including phenoxy) is 2. The summed E-state index contributed by atoms with van der Waals surface area (Å²) in [5, 5.41) is 24.7. The third-order valence-electron chi connectivity index (χ3n) is 18.5. The predicted molar refractivity (Wildman–Crippen MR) is 287 cm³/mol. The van der Waals surface area contributed by atoms with Gasteiger partial charge in [0.1, 0.15) is 5.82 Å². The number of Topliss-reactive ketones (excluding diaryl/α,β-unsaturated/α-hetero) is 2. The van der Waals surface area contributed by atoms with Crippen LogP contribution in [0.1, 0.15) is 137 Å². The lowest BCUT2D eigenvalue weighted by Gasteiger charge is -2.52. The molecule has 9 aliphatic rings. The Bertz CT molecular complexity index is 2590. The fraction of sp³-hybridized carbons (Fsp3) is 0.593. The van der Waals surface area contributed by atoms with Crippen LogP contribution in [0, 0.1) is 28.6 Å². The first-order valence-electron chi connectivity index (χ1n) is 27.6. The van der Waals surface area contributed by atoms with Crippen LogP contribution in [0.5, 0.6) is 0 Å². The minimum atomic E-state index is -2.12. The molecule has 4 aliphatic carbocycles. The monoisotopic (exact) mass is 996 g/mol. The summed E-state index contributed by atoms with van der Waals surface area (Å²) in [4.78, 5) is 51.7. The second-order valence-corrected chi connectivity index (χ2v) is 23.0. The molecule has 1 aromatic carbocycles. The van der Waals surface area contributed by atoms with Gasteiger partial charge in [0.25, 0.3) is 5.60 Å². The summed E-state index contributed by atoms with van der Waals surface area (Å²) in [7, 11) is 3.74. The van der Waals surface area contributed by atoms with E-state index in [1.807, 2.05) is 38.5 Å². The number of aliphatic imine (C=N–C) groups is 1. The Morgan fingerprint density at radius 1 is 1.01 bits per heavy atom. The number of nitrogens with one attached hydrogen (secondary N) is 7. The lowest BCUT2D eigenvalue weighted by molar-refractivity contribution is -0.150. The second-order valence-electron chi connectivity index (χ2n) is 23.0. The van der Waals surface area contributed by atoms with Crippen molar-refractivity contribution in [3.05, 3.63) is 118 Å². The summed E-state index contributed by atoms with van der Waals surface area (Å²) in [6, 6.07) is 5.65. The van der Waals surface area contributed by atoms with Crippen molar-refractivity contribution in [2.24, 2.45) is 39.3 Å². The number of allylic oxidation sites excluding steroid dienone is 5. The van der Waals surface area contributed by atoms with Crippen LogP contribution in [-0.4, -0.2) is 99.4 Å². The normalized spacial score (nSPS) is 35.5. The molecule has 392 valence electrons. The fourth-order valence-electron chi connectivity index (χ4n) is 14.8. The van der Waals surface area contributed by atoms with Crippen molar-refractivity contribution in [1.29, 1.82) is 0 Å². The smallest absolute Gasteiger partial charge is 0.350 e. The van der Waals surface area contributed by atoms with Gasteiger partial charge in [-0.3, -0.25) is 14.6 Å².